The van der Waals surface area contributed by atoms with Crippen molar-refractivity contribution >= 4 is 12.0 Å². The number of amides is 2. The molecular weight excluding hydrogens is 256 g/mol. The molecule has 3 rings (SSSR count). The number of nitrogens with zero attached hydrogens (tertiary/aromatic N) is 1. The average molecular weight is 280 g/mol. The maximum absolute atomic E-state index is 12.3. The molecule has 3 aliphatic rings. The second-order valence-corrected chi connectivity index (χ2v) is 6.79. The number of carboxylic acid groups (broad SMARTS) is 1. The molecule has 2 bridgehead atoms. The van der Waals surface area contributed by atoms with Crippen LogP contribution in [0.4, 0.5) is 4.79 Å². The molecule has 1 heterocycles. The number of likely N-dealkylation sites (tertiary alicyclic amines) is 1. The molecule has 2 amide bonds. The predicted molar refractivity (Wildman–Crippen MR) is 74.4 cm³/mol. The Hall–Kier alpha value is -1.26. The quantitative estimate of drug-likeness (QED) is 0.832. The zero-order valence-electron chi connectivity index (χ0n) is 11.9. The molecule has 112 valence electrons. The smallest absolute Gasteiger partial charge is 0.317 e. The summed E-state index contributed by atoms with van der Waals surface area (Å²) in [5.41, 5.74) is -0.730. The van der Waals surface area contributed by atoms with Gasteiger partial charge in [-0.1, -0.05) is 19.3 Å². The molecule has 0 radical (unpaired) electrons. The molecule has 0 spiro atoms. The molecule has 1 saturated heterocycles. The fourth-order valence-electron chi connectivity index (χ4n) is 4.21. The molecule has 2 N–H and O–H groups in total. The van der Waals surface area contributed by atoms with Crippen molar-refractivity contribution in [3.63, 3.8) is 0 Å². The van der Waals surface area contributed by atoms with Crippen molar-refractivity contribution in [2.75, 3.05) is 13.1 Å². The van der Waals surface area contributed by atoms with Gasteiger partial charge in [-0.2, -0.15) is 0 Å². The standard InChI is InChI=1S/C15H24N2O3/c18-13(19)15(6-2-1-3-7-15)10-16-14(20)17-9-11-4-5-12(17)8-11/h11-12H,1-10H2,(H,16,20)(H,18,19). The van der Waals surface area contributed by atoms with E-state index in [0.717, 1.165) is 38.6 Å². The molecule has 2 atom stereocenters. The van der Waals surface area contributed by atoms with Crippen LogP contribution in [0.1, 0.15) is 51.4 Å². The van der Waals surface area contributed by atoms with Gasteiger partial charge in [-0.25, -0.2) is 4.79 Å². The lowest BCUT2D eigenvalue weighted by molar-refractivity contribution is -0.150. The highest BCUT2D eigenvalue weighted by molar-refractivity contribution is 5.78. The van der Waals surface area contributed by atoms with Crippen molar-refractivity contribution in [2.45, 2.75) is 57.4 Å². The van der Waals surface area contributed by atoms with Crippen LogP contribution in [0, 0.1) is 11.3 Å². The molecule has 2 unspecified atom stereocenters. The van der Waals surface area contributed by atoms with Gasteiger partial charge >= 0.3 is 12.0 Å². The number of hydrogen-bond donors (Lipinski definition) is 2. The zero-order chi connectivity index (χ0) is 14.2. The van der Waals surface area contributed by atoms with Gasteiger partial charge in [-0.3, -0.25) is 4.79 Å². The van der Waals surface area contributed by atoms with Crippen molar-refractivity contribution < 1.29 is 14.7 Å². The first kappa shape index (κ1) is 13.7. The highest BCUT2D eigenvalue weighted by Gasteiger charge is 2.43. The summed E-state index contributed by atoms with van der Waals surface area (Å²) in [5, 5.41) is 12.4. The fraction of sp³-hybridized carbons (Fsp3) is 0.867. The van der Waals surface area contributed by atoms with E-state index in [4.69, 9.17) is 0 Å². The van der Waals surface area contributed by atoms with Gasteiger partial charge in [0.15, 0.2) is 0 Å². The number of piperidine rings is 1. The predicted octanol–water partition coefficient (Wildman–Crippen LogP) is 2.22. The molecule has 0 aromatic carbocycles. The van der Waals surface area contributed by atoms with Crippen molar-refractivity contribution in [1.82, 2.24) is 10.2 Å². The number of aliphatic carboxylic acids is 1. The van der Waals surface area contributed by atoms with Gasteiger partial charge in [0.2, 0.25) is 0 Å². The highest BCUT2D eigenvalue weighted by Crippen LogP contribution is 2.38. The Bertz CT molecular complexity index is 404. The lowest BCUT2D eigenvalue weighted by Crippen LogP contribution is -2.50. The fourth-order valence-corrected chi connectivity index (χ4v) is 4.21. The third-order valence-corrected chi connectivity index (χ3v) is 5.51. The number of carbonyl (C=O) groups excluding carboxylic acids is 1. The Labute approximate surface area is 119 Å². The summed E-state index contributed by atoms with van der Waals surface area (Å²) in [5.74, 6) is -0.0747. The summed E-state index contributed by atoms with van der Waals surface area (Å²) in [7, 11) is 0. The van der Waals surface area contributed by atoms with Gasteiger partial charge in [0.1, 0.15) is 0 Å². The van der Waals surface area contributed by atoms with E-state index >= 15 is 0 Å². The molecule has 2 aliphatic carbocycles. The number of carbonyl (C=O) groups is 2. The first-order chi connectivity index (χ1) is 9.61. The minimum Gasteiger partial charge on any atom is -0.481 e. The number of rotatable bonds is 3. The van der Waals surface area contributed by atoms with E-state index in [2.05, 4.69) is 5.32 Å². The van der Waals surface area contributed by atoms with Gasteiger partial charge in [0.05, 0.1) is 5.41 Å². The number of fused-ring (bicyclic) bond motifs is 2. The SMILES string of the molecule is O=C(NCC1(C(=O)O)CCCCC1)N1CC2CCC1C2. The van der Waals surface area contributed by atoms with E-state index in [1.54, 1.807) is 0 Å². The third-order valence-electron chi connectivity index (χ3n) is 5.51. The minimum atomic E-state index is -0.750. The number of hydrogen-bond acceptors (Lipinski definition) is 2. The topological polar surface area (TPSA) is 69.6 Å². The first-order valence-electron chi connectivity index (χ1n) is 7.89. The summed E-state index contributed by atoms with van der Waals surface area (Å²) < 4.78 is 0. The van der Waals surface area contributed by atoms with Crippen LogP contribution < -0.4 is 5.32 Å². The highest BCUT2D eigenvalue weighted by atomic mass is 16.4. The number of carboxylic acids is 1. The van der Waals surface area contributed by atoms with Crippen LogP contribution in [0.2, 0.25) is 0 Å². The molecule has 2 saturated carbocycles. The van der Waals surface area contributed by atoms with Gasteiger partial charge in [-0.15, -0.1) is 0 Å². The maximum atomic E-state index is 12.3. The Balaban J connectivity index is 1.57. The van der Waals surface area contributed by atoms with E-state index in [-0.39, 0.29) is 12.6 Å². The van der Waals surface area contributed by atoms with Crippen molar-refractivity contribution in [3.05, 3.63) is 0 Å². The minimum absolute atomic E-state index is 0.0524. The Morgan fingerprint density at radius 3 is 2.50 bits per heavy atom. The van der Waals surface area contributed by atoms with Crippen LogP contribution in [0.15, 0.2) is 0 Å². The number of urea groups is 1. The third kappa shape index (κ3) is 2.38. The largest absolute Gasteiger partial charge is 0.481 e. The van der Waals surface area contributed by atoms with Crippen LogP contribution in [-0.2, 0) is 4.79 Å². The van der Waals surface area contributed by atoms with Crippen LogP contribution >= 0.6 is 0 Å². The van der Waals surface area contributed by atoms with E-state index in [1.807, 2.05) is 4.90 Å². The van der Waals surface area contributed by atoms with Crippen molar-refractivity contribution in [1.29, 1.82) is 0 Å². The van der Waals surface area contributed by atoms with Crippen LogP contribution in [0.25, 0.3) is 0 Å². The second-order valence-electron chi connectivity index (χ2n) is 6.79. The summed E-state index contributed by atoms with van der Waals surface area (Å²) >= 11 is 0. The first-order valence-corrected chi connectivity index (χ1v) is 7.89. The molecule has 1 aliphatic heterocycles. The lowest BCUT2D eigenvalue weighted by atomic mass is 9.74. The average Bonchev–Trinajstić information content (AvgIpc) is 3.08. The molecule has 3 fully saturated rings. The van der Waals surface area contributed by atoms with Gasteiger partial charge < -0.3 is 15.3 Å². The van der Waals surface area contributed by atoms with Crippen molar-refractivity contribution in [2.24, 2.45) is 11.3 Å². The summed E-state index contributed by atoms with van der Waals surface area (Å²) in [6.07, 6.45) is 7.89. The maximum Gasteiger partial charge on any atom is 0.317 e. The monoisotopic (exact) mass is 280 g/mol. The second kappa shape index (κ2) is 5.26. The van der Waals surface area contributed by atoms with E-state index in [1.165, 1.54) is 6.42 Å². The van der Waals surface area contributed by atoms with Gasteiger partial charge in [0, 0.05) is 19.1 Å². The molecule has 5 heteroatoms. The molecule has 0 aromatic heterocycles. The van der Waals surface area contributed by atoms with Crippen LogP contribution in [0.3, 0.4) is 0 Å². The van der Waals surface area contributed by atoms with E-state index in [0.29, 0.717) is 24.8 Å². The van der Waals surface area contributed by atoms with E-state index in [9.17, 15) is 14.7 Å². The van der Waals surface area contributed by atoms with Gasteiger partial charge in [0.25, 0.3) is 0 Å². The molecule has 20 heavy (non-hydrogen) atoms. The summed E-state index contributed by atoms with van der Waals surface area (Å²) in [6, 6.07) is 0.343. The van der Waals surface area contributed by atoms with Crippen molar-refractivity contribution in [3.8, 4) is 0 Å². The summed E-state index contributed by atoms with van der Waals surface area (Å²) in [6.45, 7) is 1.14. The van der Waals surface area contributed by atoms with Crippen LogP contribution in [-0.4, -0.2) is 41.1 Å². The molecule has 5 nitrogen and oxygen atoms in total. The van der Waals surface area contributed by atoms with E-state index < -0.39 is 11.4 Å². The molecular formula is C15H24N2O3. The summed E-state index contributed by atoms with van der Waals surface area (Å²) in [4.78, 5) is 25.8. The lowest BCUT2D eigenvalue weighted by Gasteiger charge is -2.34. The zero-order valence-corrected chi connectivity index (χ0v) is 11.9. The Morgan fingerprint density at radius 2 is 1.95 bits per heavy atom. The Morgan fingerprint density at radius 1 is 1.20 bits per heavy atom. The van der Waals surface area contributed by atoms with Crippen LogP contribution in [0.5, 0.6) is 0 Å². The van der Waals surface area contributed by atoms with Gasteiger partial charge in [-0.05, 0) is 38.0 Å². The molecule has 0 aromatic rings. The normalized spacial score (nSPS) is 31.3. The number of nitrogens with one attached hydrogen (secondary N) is 1. The Kier molecular flexibility index (Phi) is 3.61.